The molecule has 2 aromatic carbocycles. The molecule has 1 fully saturated rings. The van der Waals surface area contributed by atoms with E-state index in [0.29, 0.717) is 5.92 Å². The van der Waals surface area contributed by atoms with E-state index in [2.05, 4.69) is 62.5 Å². The molecule has 0 amide bonds. The lowest BCUT2D eigenvalue weighted by Gasteiger charge is -2.22. The van der Waals surface area contributed by atoms with Gasteiger partial charge in [-0.15, -0.1) is 11.3 Å². The van der Waals surface area contributed by atoms with Crippen molar-refractivity contribution in [2.45, 2.75) is 57.8 Å². The van der Waals surface area contributed by atoms with Gasteiger partial charge in [-0.2, -0.15) is 0 Å². The fraction of sp³-hybridized carbons (Fsp3) is 0.360. The summed E-state index contributed by atoms with van der Waals surface area (Å²) in [4.78, 5) is 9.45. The smallest absolute Gasteiger partial charge is 0.116 e. The van der Waals surface area contributed by atoms with E-state index in [-0.39, 0.29) is 5.41 Å². The van der Waals surface area contributed by atoms with Crippen LogP contribution in [0.3, 0.4) is 0 Å². The molecule has 0 aliphatic heterocycles. The molecule has 0 radical (unpaired) electrons. The van der Waals surface area contributed by atoms with Crippen LogP contribution < -0.4 is 0 Å². The van der Waals surface area contributed by atoms with Crippen molar-refractivity contribution in [3.8, 4) is 11.3 Å². The topological polar surface area (TPSA) is 25.8 Å². The molecule has 0 spiro atoms. The fourth-order valence-electron chi connectivity index (χ4n) is 4.67. The van der Waals surface area contributed by atoms with E-state index >= 15 is 0 Å². The molecule has 0 N–H and O–H groups in total. The van der Waals surface area contributed by atoms with Gasteiger partial charge in [0.15, 0.2) is 0 Å². The van der Waals surface area contributed by atoms with Gasteiger partial charge in [-0.25, -0.2) is 9.97 Å². The summed E-state index contributed by atoms with van der Waals surface area (Å²) in [5, 5.41) is 4.95. The Kier molecular flexibility index (Phi) is 4.24. The number of hydrogen-bond acceptors (Lipinski definition) is 3. The highest BCUT2D eigenvalue weighted by Crippen LogP contribution is 2.42. The van der Waals surface area contributed by atoms with E-state index in [9.17, 15) is 0 Å². The summed E-state index contributed by atoms with van der Waals surface area (Å²) in [6.07, 6.45) is 7.05. The maximum Gasteiger partial charge on any atom is 0.116 e. The molecule has 5 rings (SSSR count). The monoisotopic (exact) mass is 386 g/mol. The maximum atomic E-state index is 4.75. The third-order valence-corrected chi connectivity index (χ3v) is 7.11. The molecule has 3 heteroatoms. The minimum absolute atomic E-state index is 0.0756. The van der Waals surface area contributed by atoms with Crippen LogP contribution >= 0.6 is 11.3 Å². The van der Waals surface area contributed by atoms with Gasteiger partial charge in [0.25, 0.3) is 0 Å². The van der Waals surface area contributed by atoms with Gasteiger partial charge in [-0.1, -0.05) is 57.9 Å². The summed E-state index contributed by atoms with van der Waals surface area (Å²) >= 11 is 1.82. The van der Waals surface area contributed by atoms with Crippen LogP contribution in [0.5, 0.6) is 0 Å². The molecule has 2 heterocycles. The van der Waals surface area contributed by atoms with Gasteiger partial charge in [0, 0.05) is 5.56 Å². The standard InChI is InChI=1S/C25H26N2S/c1-25(2,3)21-13-18(12-17-10-6-7-11-19(17)21)22-24-23(27-15-26-22)20(14-28-24)16-8-4-5-9-16/h6-7,10-16H,4-5,8-9H2,1-3H3. The number of nitrogens with zero attached hydrogens (tertiary/aromatic N) is 2. The zero-order valence-corrected chi connectivity index (χ0v) is 17.6. The van der Waals surface area contributed by atoms with Crippen LogP contribution in [0, 0.1) is 0 Å². The Bertz CT molecular complexity index is 1160. The summed E-state index contributed by atoms with van der Waals surface area (Å²) in [6.45, 7) is 6.87. The van der Waals surface area contributed by atoms with Gasteiger partial charge < -0.3 is 0 Å². The van der Waals surface area contributed by atoms with E-state index in [1.807, 2.05) is 11.3 Å². The predicted molar refractivity (Wildman–Crippen MR) is 120 cm³/mol. The second-order valence-corrected chi connectivity index (χ2v) is 9.95. The SMILES string of the molecule is CC(C)(C)c1cc(-c2ncnc3c(C4CCCC4)csc23)cc2ccccc12. The molecular formula is C25H26N2S. The average Bonchev–Trinajstić information content (AvgIpc) is 3.35. The Labute approximate surface area is 170 Å². The second kappa shape index (κ2) is 6.66. The molecule has 0 atom stereocenters. The third-order valence-electron chi connectivity index (χ3n) is 6.12. The van der Waals surface area contributed by atoms with Crippen molar-refractivity contribution in [1.82, 2.24) is 9.97 Å². The maximum absolute atomic E-state index is 4.75. The first-order chi connectivity index (χ1) is 13.5. The van der Waals surface area contributed by atoms with E-state index in [1.165, 1.54) is 63.4 Å². The second-order valence-electron chi connectivity index (χ2n) is 9.07. The van der Waals surface area contributed by atoms with Crippen molar-refractivity contribution in [3.63, 3.8) is 0 Å². The number of benzene rings is 2. The Morgan fingerprint density at radius 1 is 1.00 bits per heavy atom. The summed E-state index contributed by atoms with van der Waals surface area (Å²) < 4.78 is 1.24. The summed E-state index contributed by atoms with van der Waals surface area (Å²) in [7, 11) is 0. The number of aromatic nitrogens is 2. The molecule has 4 aromatic rings. The summed E-state index contributed by atoms with van der Waals surface area (Å²) in [5.74, 6) is 0.679. The first kappa shape index (κ1) is 17.8. The highest BCUT2D eigenvalue weighted by molar-refractivity contribution is 7.17. The first-order valence-corrected chi connectivity index (χ1v) is 11.2. The van der Waals surface area contributed by atoms with Crippen molar-refractivity contribution in [2.24, 2.45) is 0 Å². The third kappa shape index (κ3) is 2.93. The quantitative estimate of drug-likeness (QED) is 0.357. The molecular weight excluding hydrogens is 360 g/mol. The minimum Gasteiger partial charge on any atom is -0.235 e. The Morgan fingerprint density at radius 2 is 1.79 bits per heavy atom. The summed E-state index contributed by atoms with van der Waals surface area (Å²) in [5.41, 5.74) is 6.35. The normalized spacial score (nSPS) is 15.7. The summed E-state index contributed by atoms with van der Waals surface area (Å²) in [6, 6.07) is 13.3. The highest BCUT2D eigenvalue weighted by atomic mass is 32.1. The Hall–Kier alpha value is -2.26. The number of fused-ring (bicyclic) bond motifs is 2. The zero-order chi connectivity index (χ0) is 19.3. The van der Waals surface area contributed by atoms with Crippen molar-refractivity contribution in [2.75, 3.05) is 0 Å². The largest absolute Gasteiger partial charge is 0.235 e. The molecule has 2 nitrogen and oxygen atoms in total. The van der Waals surface area contributed by atoms with Crippen molar-refractivity contribution in [1.29, 1.82) is 0 Å². The molecule has 142 valence electrons. The van der Waals surface area contributed by atoms with Gasteiger partial charge in [0.05, 0.1) is 15.9 Å². The molecule has 0 unspecified atom stereocenters. The van der Waals surface area contributed by atoms with Crippen LogP contribution in [-0.2, 0) is 5.41 Å². The van der Waals surface area contributed by atoms with Gasteiger partial charge in [0.1, 0.15) is 6.33 Å². The molecule has 28 heavy (non-hydrogen) atoms. The lowest BCUT2D eigenvalue weighted by Crippen LogP contribution is -2.12. The Balaban J connectivity index is 1.73. The van der Waals surface area contributed by atoms with Gasteiger partial charge in [-0.05, 0) is 63.6 Å². The number of thiophene rings is 1. The van der Waals surface area contributed by atoms with Gasteiger partial charge >= 0.3 is 0 Å². The average molecular weight is 387 g/mol. The lowest BCUT2D eigenvalue weighted by atomic mass is 9.82. The molecule has 1 aliphatic carbocycles. The van der Waals surface area contributed by atoms with Crippen LogP contribution in [0.15, 0.2) is 48.1 Å². The van der Waals surface area contributed by atoms with Crippen molar-refractivity contribution in [3.05, 3.63) is 59.2 Å². The van der Waals surface area contributed by atoms with Crippen LogP contribution in [-0.4, -0.2) is 9.97 Å². The molecule has 0 bridgehead atoms. The van der Waals surface area contributed by atoms with E-state index in [1.54, 1.807) is 6.33 Å². The molecule has 1 aliphatic rings. The van der Waals surface area contributed by atoms with Crippen LogP contribution in [0.25, 0.3) is 32.2 Å². The van der Waals surface area contributed by atoms with Gasteiger partial charge in [0.2, 0.25) is 0 Å². The Morgan fingerprint density at radius 3 is 2.57 bits per heavy atom. The van der Waals surface area contributed by atoms with Crippen molar-refractivity contribution >= 4 is 32.3 Å². The van der Waals surface area contributed by atoms with Gasteiger partial charge in [-0.3, -0.25) is 0 Å². The van der Waals surface area contributed by atoms with Crippen LogP contribution in [0.4, 0.5) is 0 Å². The molecule has 2 aromatic heterocycles. The van der Waals surface area contributed by atoms with Crippen molar-refractivity contribution < 1.29 is 0 Å². The number of hydrogen-bond donors (Lipinski definition) is 0. The first-order valence-electron chi connectivity index (χ1n) is 10.3. The predicted octanol–water partition coefficient (Wildman–Crippen LogP) is 7.47. The van der Waals surface area contributed by atoms with E-state index < -0.39 is 0 Å². The van der Waals surface area contributed by atoms with E-state index in [0.717, 1.165) is 5.69 Å². The molecule has 1 saturated carbocycles. The lowest BCUT2D eigenvalue weighted by molar-refractivity contribution is 0.596. The minimum atomic E-state index is 0.0756. The zero-order valence-electron chi connectivity index (χ0n) is 16.8. The fourth-order valence-corrected chi connectivity index (χ4v) is 5.78. The highest BCUT2D eigenvalue weighted by Gasteiger charge is 2.23. The van der Waals surface area contributed by atoms with Crippen LogP contribution in [0.2, 0.25) is 0 Å². The molecule has 0 saturated heterocycles. The van der Waals surface area contributed by atoms with E-state index in [4.69, 9.17) is 9.97 Å². The van der Waals surface area contributed by atoms with Crippen LogP contribution in [0.1, 0.15) is 63.5 Å². The number of rotatable bonds is 2.